The summed E-state index contributed by atoms with van der Waals surface area (Å²) in [4.78, 5) is 38.2. The van der Waals surface area contributed by atoms with Gasteiger partial charge in [0.25, 0.3) is 0 Å². The van der Waals surface area contributed by atoms with E-state index in [4.69, 9.17) is 0 Å². The highest BCUT2D eigenvalue weighted by atomic mass is 16.6. The number of imide groups is 1. The van der Waals surface area contributed by atoms with Crippen LogP contribution in [0.15, 0.2) is 36.7 Å². The summed E-state index contributed by atoms with van der Waals surface area (Å²) in [5, 5.41) is 21.2. The zero-order valence-corrected chi connectivity index (χ0v) is 11.2. The van der Waals surface area contributed by atoms with Crippen LogP contribution in [-0.4, -0.2) is 42.7 Å². The van der Waals surface area contributed by atoms with Crippen LogP contribution in [0.4, 0.5) is 5.95 Å². The quantitative estimate of drug-likeness (QED) is 0.296. The Kier molecular flexibility index (Phi) is 3.08. The summed E-state index contributed by atoms with van der Waals surface area (Å²) in [6.07, 6.45) is 2.59. The first-order valence-electron chi connectivity index (χ1n) is 6.40. The number of nitrogens with zero attached hydrogens (tertiary/aromatic N) is 4. The van der Waals surface area contributed by atoms with Crippen molar-refractivity contribution in [3.8, 4) is 0 Å². The standard InChI is InChI=1S/C13H11N4O5/c18-11-9-3-1-2-4-10(9)12(19)17(11,22)8-7-15-6-5-14-13(15)16(20)21/h1-6,22H,7-8H2/q+1. The minimum Gasteiger partial charge on any atom is -0.390 e. The summed E-state index contributed by atoms with van der Waals surface area (Å²) >= 11 is 0. The number of fused-ring (bicyclic) bond motifs is 1. The van der Waals surface area contributed by atoms with Crippen molar-refractivity contribution in [2.24, 2.45) is 0 Å². The normalized spacial score (nSPS) is 15.9. The molecule has 1 N–H and O–H groups in total. The Hall–Kier alpha value is -2.91. The number of quaternary nitrogens is 1. The lowest BCUT2D eigenvalue weighted by Crippen LogP contribution is -2.51. The summed E-state index contributed by atoms with van der Waals surface area (Å²) in [7, 11) is 0. The van der Waals surface area contributed by atoms with Gasteiger partial charge >= 0.3 is 17.8 Å². The Morgan fingerprint density at radius 3 is 2.36 bits per heavy atom. The molecule has 1 aliphatic rings. The monoisotopic (exact) mass is 303 g/mol. The molecule has 2 aromatic rings. The molecule has 0 saturated heterocycles. The van der Waals surface area contributed by atoms with E-state index in [1.165, 1.54) is 29.1 Å². The first-order chi connectivity index (χ1) is 10.4. The molecule has 0 spiro atoms. The number of nitro groups is 1. The Morgan fingerprint density at radius 1 is 1.23 bits per heavy atom. The lowest BCUT2D eigenvalue weighted by atomic mass is 10.1. The number of imidazole rings is 1. The molecule has 0 radical (unpaired) electrons. The van der Waals surface area contributed by atoms with Gasteiger partial charge in [-0.2, -0.15) is 0 Å². The first-order valence-corrected chi connectivity index (χ1v) is 6.40. The third-order valence-corrected chi connectivity index (χ3v) is 3.58. The molecule has 112 valence electrons. The molecule has 0 bridgehead atoms. The topological polar surface area (TPSA) is 115 Å². The second-order valence-electron chi connectivity index (χ2n) is 4.83. The molecule has 0 aliphatic carbocycles. The SMILES string of the molecule is O=C1c2ccccc2C(=O)[N+]1(O)CCn1ccnc1[N+](=O)[O-]. The Morgan fingerprint density at radius 2 is 1.82 bits per heavy atom. The number of hydroxylamine groups is 3. The van der Waals surface area contributed by atoms with E-state index < -0.39 is 27.3 Å². The largest absolute Gasteiger partial charge is 0.434 e. The van der Waals surface area contributed by atoms with Crippen LogP contribution in [0.25, 0.3) is 0 Å². The van der Waals surface area contributed by atoms with Gasteiger partial charge in [0.1, 0.15) is 18.9 Å². The average molecular weight is 303 g/mol. The smallest absolute Gasteiger partial charge is 0.390 e. The fourth-order valence-corrected chi connectivity index (χ4v) is 2.45. The van der Waals surface area contributed by atoms with Gasteiger partial charge in [0.2, 0.25) is 0 Å². The van der Waals surface area contributed by atoms with Crippen molar-refractivity contribution in [1.29, 1.82) is 0 Å². The molecule has 0 atom stereocenters. The first kappa shape index (κ1) is 14.0. The van der Waals surface area contributed by atoms with E-state index in [1.54, 1.807) is 12.1 Å². The van der Waals surface area contributed by atoms with Gasteiger partial charge in [0.05, 0.1) is 11.1 Å². The van der Waals surface area contributed by atoms with Crippen molar-refractivity contribution >= 4 is 17.8 Å². The number of benzene rings is 1. The van der Waals surface area contributed by atoms with Gasteiger partial charge in [-0.1, -0.05) is 17.1 Å². The van der Waals surface area contributed by atoms with E-state index in [0.717, 1.165) is 0 Å². The molecule has 22 heavy (non-hydrogen) atoms. The summed E-state index contributed by atoms with van der Waals surface area (Å²) < 4.78 is -0.256. The molecular formula is C13H11N4O5+. The van der Waals surface area contributed by atoms with Gasteiger partial charge in [-0.15, -0.1) is 0 Å². The van der Waals surface area contributed by atoms with Gasteiger partial charge < -0.3 is 10.1 Å². The highest BCUT2D eigenvalue weighted by molar-refractivity contribution is 6.13. The molecule has 1 aromatic carbocycles. The van der Waals surface area contributed by atoms with E-state index in [9.17, 15) is 24.9 Å². The number of amides is 2. The summed E-state index contributed by atoms with van der Waals surface area (Å²) in [5.74, 6) is -1.88. The highest BCUT2D eigenvalue weighted by Gasteiger charge is 2.54. The summed E-state index contributed by atoms with van der Waals surface area (Å²) in [6.45, 7) is -0.415. The van der Waals surface area contributed by atoms with Crippen molar-refractivity contribution in [2.75, 3.05) is 6.54 Å². The number of hydrogen-bond donors (Lipinski definition) is 1. The van der Waals surface area contributed by atoms with Crippen molar-refractivity contribution in [3.63, 3.8) is 0 Å². The molecule has 2 amide bonds. The minimum absolute atomic E-state index is 0.0989. The predicted octanol–water partition coefficient (Wildman–Crippen LogP) is 0.991. The van der Waals surface area contributed by atoms with Gasteiger partial charge in [0.15, 0.2) is 6.54 Å². The maximum atomic E-state index is 12.2. The van der Waals surface area contributed by atoms with Gasteiger partial charge in [0, 0.05) is 0 Å². The van der Waals surface area contributed by atoms with Crippen LogP contribution in [-0.2, 0) is 6.54 Å². The van der Waals surface area contributed by atoms with Crippen LogP contribution in [0.3, 0.4) is 0 Å². The lowest BCUT2D eigenvalue weighted by molar-refractivity contribution is -0.965. The minimum atomic E-state index is -1.42. The molecule has 0 unspecified atom stereocenters. The fourth-order valence-electron chi connectivity index (χ4n) is 2.45. The number of hydrogen-bond acceptors (Lipinski definition) is 6. The molecule has 1 aromatic heterocycles. The summed E-state index contributed by atoms with van der Waals surface area (Å²) in [5.41, 5.74) is 0.297. The number of carbonyl (C=O) groups is 2. The molecule has 3 rings (SSSR count). The number of carbonyl (C=O) groups excluding carboxylic acids is 2. The second kappa shape index (κ2) is 4.83. The third-order valence-electron chi connectivity index (χ3n) is 3.58. The average Bonchev–Trinajstić information content (AvgIpc) is 3.05. The van der Waals surface area contributed by atoms with Gasteiger partial charge in [-0.25, -0.2) is 19.4 Å². The lowest BCUT2D eigenvalue weighted by Gasteiger charge is -2.18. The van der Waals surface area contributed by atoms with Crippen LogP contribution < -0.4 is 0 Å². The number of rotatable bonds is 4. The molecule has 9 heteroatoms. The zero-order chi connectivity index (χ0) is 15.9. The Labute approximate surface area is 123 Å². The third kappa shape index (κ3) is 1.91. The van der Waals surface area contributed by atoms with Crippen LogP contribution in [0.5, 0.6) is 0 Å². The van der Waals surface area contributed by atoms with E-state index >= 15 is 0 Å². The van der Waals surface area contributed by atoms with Crippen molar-refractivity contribution in [3.05, 3.63) is 57.9 Å². The molecule has 0 saturated carbocycles. The van der Waals surface area contributed by atoms with E-state index in [2.05, 4.69) is 4.98 Å². The second-order valence-corrected chi connectivity index (χ2v) is 4.83. The molecule has 0 fully saturated rings. The molecule has 1 aliphatic heterocycles. The maximum Gasteiger partial charge on any atom is 0.434 e. The van der Waals surface area contributed by atoms with Crippen molar-refractivity contribution in [1.82, 2.24) is 9.55 Å². The van der Waals surface area contributed by atoms with Crippen molar-refractivity contribution < 1.29 is 24.4 Å². The molecule has 9 nitrogen and oxygen atoms in total. The number of aromatic nitrogens is 2. The van der Waals surface area contributed by atoms with Crippen LogP contribution in [0.2, 0.25) is 0 Å². The molecule has 2 heterocycles. The van der Waals surface area contributed by atoms with E-state index in [0.29, 0.717) is 0 Å². The van der Waals surface area contributed by atoms with E-state index in [1.807, 2.05) is 0 Å². The molecular weight excluding hydrogens is 292 g/mol. The van der Waals surface area contributed by atoms with E-state index in [-0.39, 0.29) is 24.2 Å². The zero-order valence-electron chi connectivity index (χ0n) is 11.2. The van der Waals surface area contributed by atoms with Gasteiger partial charge in [-0.3, -0.25) is 0 Å². The Balaban J connectivity index is 1.87. The highest BCUT2D eigenvalue weighted by Crippen LogP contribution is 2.28. The fraction of sp³-hybridized carbons (Fsp3) is 0.154. The van der Waals surface area contributed by atoms with Crippen LogP contribution in [0, 0.1) is 10.1 Å². The summed E-state index contributed by atoms with van der Waals surface area (Å²) in [6, 6.07) is 6.12. The Bertz CT molecular complexity index is 762. The van der Waals surface area contributed by atoms with Crippen LogP contribution in [0.1, 0.15) is 20.7 Å². The van der Waals surface area contributed by atoms with Crippen molar-refractivity contribution in [2.45, 2.75) is 6.54 Å². The maximum absolute atomic E-state index is 12.2. The van der Waals surface area contributed by atoms with Crippen LogP contribution >= 0.6 is 0 Å². The van der Waals surface area contributed by atoms with Gasteiger partial charge in [-0.05, 0) is 21.7 Å². The predicted molar refractivity (Wildman–Crippen MR) is 70.9 cm³/mol.